The quantitative estimate of drug-likeness (QED) is 0.811. The summed E-state index contributed by atoms with van der Waals surface area (Å²) < 4.78 is 37.6. The Labute approximate surface area is 117 Å². The Hall–Kier alpha value is -0.420. The molecule has 18 heavy (non-hydrogen) atoms. The molecule has 0 fully saturated rings. The van der Waals surface area contributed by atoms with Crippen LogP contribution in [0.2, 0.25) is 10.0 Å². The zero-order valence-corrected chi connectivity index (χ0v) is 11.1. The zero-order valence-electron chi connectivity index (χ0n) is 8.81. The summed E-state index contributed by atoms with van der Waals surface area (Å²) in [5, 5.41) is 9.84. The topological polar surface area (TPSA) is 20.2 Å². The Morgan fingerprint density at radius 2 is 1.78 bits per heavy atom. The van der Waals surface area contributed by atoms with Gasteiger partial charge in [0.25, 0.3) is 0 Å². The largest absolute Gasteiger partial charge is 0.422 e. The van der Waals surface area contributed by atoms with Gasteiger partial charge in [0, 0.05) is 0 Å². The number of rotatable bonds is 3. The number of hydrogen-bond acceptors (Lipinski definition) is 1. The third-order valence-electron chi connectivity index (χ3n) is 2.19. The summed E-state index contributed by atoms with van der Waals surface area (Å²) in [5.74, 6) is -0.992. The van der Waals surface area contributed by atoms with Crippen LogP contribution in [-0.2, 0) is 0 Å². The first-order chi connectivity index (χ1) is 8.19. The molecule has 0 aliphatic rings. The van der Waals surface area contributed by atoms with E-state index in [1.165, 1.54) is 18.2 Å². The molecule has 1 unspecified atom stereocenters. The summed E-state index contributed by atoms with van der Waals surface area (Å²) in [4.78, 5) is 0. The zero-order chi connectivity index (χ0) is 14.0. The maximum atomic E-state index is 12.5. The summed E-state index contributed by atoms with van der Waals surface area (Å²) in [5.41, 5.74) is -2.70. The number of alkyl halides is 4. The van der Waals surface area contributed by atoms with Gasteiger partial charge in [0.15, 0.2) is 5.60 Å². The van der Waals surface area contributed by atoms with E-state index >= 15 is 0 Å². The highest BCUT2D eigenvalue weighted by Crippen LogP contribution is 2.33. The molecule has 0 spiro atoms. The van der Waals surface area contributed by atoms with E-state index in [4.69, 9.17) is 34.8 Å². The second-order valence-electron chi connectivity index (χ2n) is 3.56. The summed E-state index contributed by atoms with van der Waals surface area (Å²) in [7, 11) is 0. The summed E-state index contributed by atoms with van der Waals surface area (Å²) in [6.07, 6.45) is -3.18. The minimum absolute atomic E-state index is 0.209. The molecule has 0 heterocycles. The molecule has 1 N–H and O–H groups in total. The van der Waals surface area contributed by atoms with Gasteiger partial charge >= 0.3 is 6.18 Å². The monoisotopic (exact) mass is 318 g/mol. The van der Waals surface area contributed by atoms with Crippen LogP contribution in [0.5, 0.6) is 0 Å². The molecule has 100 valence electrons. The van der Waals surface area contributed by atoms with E-state index in [9.17, 15) is 18.3 Å². The molecule has 0 aliphatic carbocycles. The number of hydrogen-bond donors (Lipinski definition) is 1. The van der Waals surface area contributed by atoms with Gasteiger partial charge in [-0.05, 0) is 23.8 Å². The molecule has 0 aromatic heterocycles. The molecule has 0 radical (unpaired) electrons. The minimum atomic E-state index is -4.85. The minimum Gasteiger partial charge on any atom is -0.376 e. The van der Waals surface area contributed by atoms with Crippen LogP contribution in [0.1, 0.15) is 5.56 Å². The highest BCUT2D eigenvalue weighted by Gasteiger charge is 2.51. The van der Waals surface area contributed by atoms with Gasteiger partial charge in [-0.3, -0.25) is 0 Å². The van der Waals surface area contributed by atoms with E-state index in [2.05, 4.69) is 0 Å². The van der Waals surface area contributed by atoms with Gasteiger partial charge < -0.3 is 5.11 Å². The van der Waals surface area contributed by atoms with Crippen molar-refractivity contribution in [1.29, 1.82) is 0 Å². The van der Waals surface area contributed by atoms with E-state index in [0.717, 1.165) is 6.08 Å². The second kappa shape index (κ2) is 5.70. The number of benzene rings is 1. The van der Waals surface area contributed by atoms with Gasteiger partial charge in [-0.15, -0.1) is 11.6 Å². The highest BCUT2D eigenvalue weighted by molar-refractivity contribution is 6.42. The van der Waals surface area contributed by atoms with Crippen molar-refractivity contribution in [2.45, 2.75) is 11.8 Å². The fourth-order valence-electron chi connectivity index (χ4n) is 1.06. The first-order valence-corrected chi connectivity index (χ1v) is 5.98. The highest BCUT2D eigenvalue weighted by atomic mass is 35.5. The predicted octanol–water partition coefficient (Wildman–Crippen LogP) is 4.54. The molecular weight excluding hydrogens is 311 g/mol. The van der Waals surface area contributed by atoms with Crippen molar-refractivity contribution in [3.05, 3.63) is 39.9 Å². The van der Waals surface area contributed by atoms with Crippen molar-refractivity contribution < 1.29 is 18.3 Å². The van der Waals surface area contributed by atoms with Gasteiger partial charge in [0.2, 0.25) is 0 Å². The lowest BCUT2D eigenvalue weighted by Crippen LogP contribution is -2.45. The fraction of sp³-hybridized carbons (Fsp3) is 0.273. The summed E-state index contributed by atoms with van der Waals surface area (Å²) in [6, 6.07) is 4.29. The van der Waals surface area contributed by atoms with E-state index in [1.807, 2.05) is 0 Å². The van der Waals surface area contributed by atoms with Gasteiger partial charge in [-0.1, -0.05) is 35.3 Å². The molecule has 1 aromatic rings. The number of halogens is 6. The Bertz CT molecular complexity index is 459. The average Bonchev–Trinajstić information content (AvgIpc) is 2.28. The predicted molar refractivity (Wildman–Crippen MR) is 67.2 cm³/mol. The van der Waals surface area contributed by atoms with E-state index in [1.54, 1.807) is 0 Å². The number of aliphatic hydroxyl groups is 1. The Balaban J connectivity index is 3.01. The molecule has 1 atom stereocenters. The van der Waals surface area contributed by atoms with Crippen LogP contribution in [-0.4, -0.2) is 22.8 Å². The first-order valence-electron chi connectivity index (χ1n) is 4.69. The van der Waals surface area contributed by atoms with Gasteiger partial charge in [-0.2, -0.15) is 13.2 Å². The SMILES string of the molecule is OC(C=Cc1ccc(Cl)c(Cl)c1)(CCl)C(F)(F)F. The smallest absolute Gasteiger partial charge is 0.376 e. The first kappa shape index (κ1) is 15.6. The van der Waals surface area contributed by atoms with Gasteiger partial charge in [0.05, 0.1) is 15.9 Å². The van der Waals surface area contributed by atoms with Crippen LogP contribution in [0.15, 0.2) is 24.3 Å². The van der Waals surface area contributed by atoms with Gasteiger partial charge in [-0.25, -0.2) is 0 Å². The van der Waals surface area contributed by atoms with Crippen LogP contribution in [0, 0.1) is 0 Å². The van der Waals surface area contributed by atoms with Crippen LogP contribution >= 0.6 is 34.8 Å². The van der Waals surface area contributed by atoms with Crippen LogP contribution < -0.4 is 0 Å². The third kappa shape index (κ3) is 3.54. The Morgan fingerprint density at radius 3 is 2.22 bits per heavy atom. The molecule has 0 bridgehead atoms. The van der Waals surface area contributed by atoms with E-state index in [-0.39, 0.29) is 10.0 Å². The van der Waals surface area contributed by atoms with Crippen LogP contribution in [0.3, 0.4) is 0 Å². The summed E-state index contributed by atoms with van der Waals surface area (Å²) >= 11 is 16.5. The Morgan fingerprint density at radius 1 is 1.17 bits per heavy atom. The molecule has 1 nitrogen and oxygen atoms in total. The van der Waals surface area contributed by atoms with E-state index in [0.29, 0.717) is 11.6 Å². The Kier molecular flexibility index (Phi) is 4.95. The second-order valence-corrected chi connectivity index (χ2v) is 4.64. The van der Waals surface area contributed by atoms with Crippen molar-refractivity contribution in [1.82, 2.24) is 0 Å². The van der Waals surface area contributed by atoms with Crippen LogP contribution in [0.25, 0.3) is 6.08 Å². The maximum absolute atomic E-state index is 12.5. The molecule has 0 amide bonds. The lowest BCUT2D eigenvalue weighted by atomic mass is 10.0. The van der Waals surface area contributed by atoms with Crippen molar-refractivity contribution in [2.75, 3.05) is 5.88 Å². The summed E-state index contributed by atoms with van der Waals surface area (Å²) in [6.45, 7) is 0. The van der Waals surface area contributed by atoms with E-state index < -0.39 is 17.7 Å². The molecule has 7 heteroatoms. The van der Waals surface area contributed by atoms with Crippen molar-refractivity contribution in [2.24, 2.45) is 0 Å². The maximum Gasteiger partial charge on any atom is 0.422 e. The van der Waals surface area contributed by atoms with Crippen molar-refractivity contribution >= 4 is 40.9 Å². The molecule has 0 saturated heterocycles. The molecule has 1 aromatic carbocycles. The lowest BCUT2D eigenvalue weighted by Gasteiger charge is -2.24. The van der Waals surface area contributed by atoms with Gasteiger partial charge in [0.1, 0.15) is 0 Å². The molecular formula is C11H8Cl3F3O. The third-order valence-corrected chi connectivity index (χ3v) is 3.34. The standard InChI is InChI=1S/C11H8Cl3F3O/c12-6-10(18,11(15,16)17)4-3-7-1-2-8(13)9(14)5-7/h1-5,18H,6H2. The lowest BCUT2D eigenvalue weighted by molar-refractivity contribution is -0.230. The molecule has 0 saturated carbocycles. The fourth-order valence-corrected chi connectivity index (χ4v) is 1.61. The van der Waals surface area contributed by atoms with Crippen molar-refractivity contribution in [3.8, 4) is 0 Å². The average molecular weight is 320 g/mol. The normalized spacial score (nSPS) is 15.9. The molecule has 1 rings (SSSR count). The van der Waals surface area contributed by atoms with Crippen molar-refractivity contribution in [3.63, 3.8) is 0 Å². The van der Waals surface area contributed by atoms with Crippen LogP contribution in [0.4, 0.5) is 13.2 Å². The molecule has 0 aliphatic heterocycles.